The maximum absolute atomic E-state index is 13.9. The monoisotopic (exact) mass is 545 g/mol. The van der Waals surface area contributed by atoms with Crippen LogP contribution in [0.5, 0.6) is 5.75 Å². The van der Waals surface area contributed by atoms with Crippen molar-refractivity contribution < 1.29 is 23.9 Å². The first kappa shape index (κ1) is 28.6. The van der Waals surface area contributed by atoms with Gasteiger partial charge in [0, 0.05) is 33.0 Å². The second-order valence-electron chi connectivity index (χ2n) is 11.1. The molecule has 40 heavy (non-hydrogen) atoms. The van der Waals surface area contributed by atoms with Gasteiger partial charge in [0.05, 0.1) is 24.0 Å². The van der Waals surface area contributed by atoms with Crippen LogP contribution in [0.2, 0.25) is 0 Å². The van der Waals surface area contributed by atoms with Gasteiger partial charge in [0.15, 0.2) is 0 Å². The maximum Gasteiger partial charge on any atom is 0.408 e. The number of benzene rings is 2. The number of alkyl carbamates (subject to hydrolysis) is 1. The van der Waals surface area contributed by atoms with Crippen molar-refractivity contribution in [3.05, 3.63) is 65.7 Å². The lowest BCUT2D eigenvalue weighted by molar-refractivity contribution is -0.141. The number of rotatable bonds is 8. The number of nitrogens with one attached hydrogen (secondary N) is 1. The first-order valence-corrected chi connectivity index (χ1v) is 13.3. The van der Waals surface area contributed by atoms with Crippen molar-refractivity contribution in [3.63, 3.8) is 0 Å². The minimum Gasteiger partial charge on any atom is -0.493 e. The number of hydrogen-bond acceptors (Lipinski definition) is 7. The third kappa shape index (κ3) is 6.60. The molecule has 0 bridgehead atoms. The summed E-state index contributed by atoms with van der Waals surface area (Å²) in [5.74, 6) is 0.0121. The minimum absolute atomic E-state index is 0.110. The van der Waals surface area contributed by atoms with Crippen LogP contribution in [0.15, 0.2) is 59.7 Å². The van der Waals surface area contributed by atoms with Gasteiger partial charge in [0.2, 0.25) is 5.91 Å². The van der Waals surface area contributed by atoms with Gasteiger partial charge in [-0.3, -0.25) is 9.59 Å². The van der Waals surface area contributed by atoms with Gasteiger partial charge in [0.25, 0.3) is 5.91 Å². The maximum atomic E-state index is 13.9. The predicted octanol–water partition coefficient (Wildman–Crippen LogP) is 3.51. The van der Waals surface area contributed by atoms with Crippen molar-refractivity contribution in [1.82, 2.24) is 15.2 Å². The van der Waals surface area contributed by atoms with Crippen molar-refractivity contribution in [2.75, 3.05) is 26.7 Å². The molecule has 1 unspecified atom stereocenters. The summed E-state index contributed by atoms with van der Waals surface area (Å²) >= 11 is 0. The van der Waals surface area contributed by atoms with Crippen LogP contribution in [0.1, 0.15) is 44.7 Å². The molecule has 0 spiro atoms. The molecule has 0 aliphatic carbocycles. The fourth-order valence-corrected chi connectivity index (χ4v) is 5.09. The lowest BCUT2D eigenvalue weighted by Gasteiger charge is -2.40. The van der Waals surface area contributed by atoms with Gasteiger partial charge >= 0.3 is 6.09 Å². The molecule has 10 heteroatoms. The zero-order valence-corrected chi connectivity index (χ0v) is 23.3. The highest BCUT2D eigenvalue weighted by Crippen LogP contribution is 2.38. The third-order valence-electron chi connectivity index (χ3n) is 6.89. The number of likely N-dealkylation sites (tertiary alicyclic amines) is 1. The van der Waals surface area contributed by atoms with Gasteiger partial charge < -0.3 is 19.7 Å². The van der Waals surface area contributed by atoms with E-state index in [9.17, 15) is 14.4 Å². The number of hydrogen-bond donors (Lipinski definition) is 1. The second kappa shape index (κ2) is 11.8. The lowest BCUT2D eigenvalue weighted by atomic mass is 9.73. The van der Waals surface area contributed by atoms with E-state index in [-0.39, 0.29) is 31.4 Å². The van der Waals surface area contributed by atoms with E-state index in [1.54, 1.807) is 57.0 Å². The highest BCUT2D eigenvalue weighted by atomic mass is 16.6. The normalized spacial score (nSPS) is 19.3. The largest absolute Gasteiger partial charge is 0.493 e. The van der Waals surface area contributed by atoms with E-state index in [1.165, 1.54) is 5.01 Å². The smallest absolute Gasteiger partial charge is 0.408 e. The van der Waals surface area contributed by atoms with Crippen LogP contribution < -0.4 is 10.1 Å². The molecule has 1 saturated heterocycles. The lowest BCUT2D eigenvalue weighted by Crippen LogP contribution is -2.59. The molecule has 2 aliphatic rings. The minimum atomic E-state index is -0.964. The first-order valence-electron chi connectivity index (χ1n) is 13.3. The number of ether oxygens (including phenoxy) is 2. The Kier molecular flexibility index (Phi) is 8.43. The average Bonchev–Trinajstić information content (AvgIpc) is 3.16. The van der Waals surface area contributed by atoms with E-state index in [1.807, 2.05) is 30.3 Å². The molecule has 0 saturated carbocycles. The number of carbonyl (C=O) groups excluding carboxylic acids is 3. The Labute approximate surface area is 234 Å². The summed E-state index contributed by atoms with van der Waals surface area (Å²) in [6.07, 6.45) is 0.312. The first-order chi connectivity index (χ1) is 19.0. The summed E-state index contributed by atoms with van der Waals surface area (Å²) in [4.78, 5) is 41.7. The standard InChI is InChI=1S/C30H35N5O5/c1-29(2,3)40-28(38)32-24(14-16-39-23-12-8-11-22(17-23)19-31)26(36)35-15-13-25-30(20-35,27(37)34(4)33-25)18-21-9-6-5-7-10-21/h5-12,17,24H,13-16,18,20H2,1-4H3,(H,32,38)/t24?,30-/m1/s1. The quantitative estimate of drug-likeness (QED) is 0.541. The molecule has 0 radical (unpaired) electrons. The fraction of sp³-hybridized carbons (Fsp3) is 0.433. The van der Waals surface area contributed by atoms with Crippen LogP contribution >= 0.6 is 0 Å². The molecule has 210 valence electrons. The molecule has 1 N–H and O–H groups in total. The SMILES string of the molecule is CN1N=C2CCN(C(=O)C(CCOc3cccc(C#N)c3)NC(=O)OC(C)(C)C)C[C@@]2(Cc2ccccc2)C1=O. The molecule has 3 amide bonds. The molecule has 10 nitrogen and oxygen atoms in total. The van der Waals surface area contributed by atoms with Crippen LogP contribution in [0.3, 0.4) is 0 Å². The summed E-state index contributed by atoms with van der Waals surface area (Å²) in [5.41, 5.74) is 0.491. The van der Waals surface area contributed by atoms with Crippen molar-refractivity contribution in [2.24, 2.45) is 10.5 Å². The average molecular weight is 546 g/mol. The third-order valence-corrected chi connectivity index (χ3v) is 6.89. The van der Waals surface area contributed by atoms with Crippen molar-refractivity contribution in [3.8, 4) is 11.8 Å². The fourth-order valence-electron chi connectivity index (χ4n) is 5.09. The number of hydrazone groups is 1. The van der Waals surface area contributed by atoms with Gasteiger partial charge in [0.1, 0.15) is 22.8 Å². The van der Waals surface area contributed by atoms with E-state index in [0.29, 0.717) is 30.7 Å². The topological polar surface area (TPSA) is 124 Å². The van der Waals surface area contributed by atoms with Crippen LogP contribution in [-0.4, -0.2) is 71.9 Å². The number of carbonyl (C=O) groups is 3. The van der Waals surface area contributed by atoms with Crippen LogP contribution in [-0.2, 0) is 20.7 Å². The van der Waals surface area contributed by atoms with Gasteiger partial charge in [-0.2, -0.15) is 10.4 Å². The molecule has 4 rings (SSSR count). The Bertz CT molecular complexity index is 1330. The number of nitriles is 1. The van der Waals surface area contributed by atoms with Gasteiger partial charge in [-0.15, -0.1) is 0 Å². The Morgan fingerprint density at radius 2 is 1.93 bits per heavy atom. The van der Waals surface area contributed by atoms with E-state index in [4.69, 9.17) is 14.7 Å². The van der Waals surface area contributed by atoms with Crippen LogP contribution in [0.25, 0.3) is 0 Å². The van der Waals surface area contributed by atoms with Gasteiger partial charge in [-0.1, -0.05) is 36.4 Å². The number of amides is 3. The summed E-state index contributed by atoms with van der Waals surface area (Å²) < 4.78 is 11.2. The highest BCUT2D eigenvalue weighted by Gasteiger charge is 2.53. The van der Waals surface area contributed by atoms with Gasteiger partial charge in [-0.05, 0) is 51.0 Å². The van der Waals surface area contributed by atoms with E-state index >= 15 is 0 Å². The molecule has 1 fully saturated rings. The van der Waals surface area contributed by atoms with Crippen molar-refractivity contribution in [1.29, 1.82) is 5.26 Å². The Hall–Kier alpha value is -4.39. The zero-order valence-electron chi connectivity index (χ0n) is 23.3. The molecule has 2 aliphatic heterocycles. The van der Waals surface area contributed by atoms with Crippen molar-refractivity contribution >= 4 is 23.6 Å². The van der Waals surface area contributed by atoms with Crippen LogP contribution in [0, 0.1) is 16.7 Å². The van der Waals surface area contributed by atoms with Crippen LogP contribution in [0.4, 0.5) is 4.79 Å². The van der Waals surface area contributed by atoms with E-state index in [0.717, 1.165) is 11.3 Å². The number of fused-ring (bicyclic) bond motifs is 1. The van der Waals surface area contributed by atoms with Crippen molar-refractivity contribution in [2.45, 2.75) is 51.7 Å². The molecule has 2 heterocycles. The number of piperidine rings is 1. The van der Waals surface area contributed by atoms with Gasteiger partial charge in [-0.25, -0.2) is 9.80 Å². The second-order valence-corrected chi connectivity index (χ2v) is 11.1. The predicted molar refractivity (Wildman–Crippen MR) is 148 cm³/mol. The highest BCUT2D eigenvalue weighted by molar-refractivity contribution is 6.13. The van der Waals surface area contributed by atoms with E-state index < -0.39 is 23.2 Å². The summed E-state index contributed by atoms with van der Waals surface area (Å²) in [7, 11) is 1.64. The molecule has 2 aromatic rings. The Morgan fingerprint density at radius 1 is 1.18 bits per heavy atom. The summed E-state index contributed by atoms with van der Waals surface area (Å²) in [5, 5.41) is 17.7. The number of nitrogens with zero attached hydrogens (tertiary/aromatic N) is 4. The molecular weight excluding hydrogens is 510 g/mol. The molecular formula is C30H35N5O5. The Balaban J connectivity index is 1.53. The molecule has 0 aromatic heterocycles. The molecule has 2 atom stereocenters. The van der Waals surface area contributed by atoms with E-state index in [2.05, 4.69) is 16.5 Å². The summed E-state index contributed by atoms with van der Waals surface area (Å²) in [6, 6.07) is 17.5. The molecule has 2 aromatic carbocycles. The summed E-state index contributed by atoms with van der Waals surface area (Å²) in [6.45, 7) is 5.87. The zero-order chi connectivity index (χ0) is 28.9. The Morgan fingerprint density at radius 3 is 2.62 bits per heavy atom.